The first kappa shape index (κ1) is 23.3. The standard InChI is InChI=1S/C27H44O4/c1-18(7-6-15-27(31,17-28)24(29)30)21-11-12-22-20-10-9-19-8-4-5-14-25(19,2)23(20)13-16-26(21,22)3/h9,18,20-23,28,31H,4-8,10-17H2,1-3H3,(H,29,30)/t18-,20+,21-,22+,23+,25+,26-,27?/m1/s1. The molecule has 3 fully saturated rings. The van der Waals surface area contributed by atoms with Crippen LogP contribution in [0, 0.1) is 40.4 Å². The summed E-state index contributed by atoms with van der Waals surface area (Å²) < 4.78 is 0. The number of allylic oxidation sites excluding steroid dienone is 2. The number of aliphatic hydroxyl groups is 2. The number of carbonyl (C=O) groups is 1. The predicted molar refractivity (Wildman–Crippen MR) is 122 cm³/mol. The van der Waals surface area contributed by atoms with Gasteiger partial charge >= 0.3 is 5.97 Å². The van der Waals surface area contributed by atoms with Crippen LogP contribution in [0.1, 0.15) is 97.8 Å². The number of aliphatic carboxylic acids is 1. The first-order valence-corrected chi connectivity index (χ1v) is 12.9. The highest BCUT2D eigenvalue weighted by atomic mass is 16.4. The minimum atomic E-state index is -1.98. The molecule has 4 aliphatic rings. The van der Waals surface area contributed by atoms with Crippen molar-refractivity contribution in [1.29, 1.82) is 0 Å². The van der Waals surface area contributed by atoms with Gasteiger partial charge in [-0.2, -0.15) is 0 Å². The minimum absolute atomic E-state index is 0.132. The van der Waals surface area contributed by atoms with E-state index in [1.54, 1.807) is 5.57 Å². The van der Waals surface area contributed by atoms with E-state index in [4.69, 9.17) is 0 Å². The Bertz CT molecular complexity index is 716. The van der Waals surface area contributed by atoms with Crippen LogP contribution in [0.25, 0.3) is 0 Å². The van der Waals surface area contributed by atoms with E-state index in [-0.39, 0.29) is 6.42 Å². The quantitative estimate of drug-likeness (QED) is 0.460. The molecular weight excluding hydrogens is 388 g/mol. The summed E-state index contributed by atoms with van der Waals surface area (Å²) in [5.74, 6) is 2.45. The zero-order valence-electron chi connectivity index (χ0n) is 19.9. The molecule has 4 heteroatoms. The van der Waals surface area contributed by atoms with Gasteiger partial charge in [-0.15, -0.1) is 0 Å². The van der Waals surface area contributed by atoms with Gasteiger partial charge in [-0.25, -0.2) is 4.79 Å². The number of aliphatic hydroxyl groups excluding tert-OH is 1. The molecule has 0 saturated heterocycles. The SMILES string of the molecule is C[C@H](CCCC(O)(CO)C(=O)O)[C@H]1CC[C@H]2[C@@H]3CC=C4CCCC[C@]4(C)[C@H]3CC[C@]12C. The lowest BCUT2D eigenvalue weighted by Crippen LogP contribution is -2.50. The van der Waals surface area contributed by atoms with Crippen molar-refractivity contribution in [2.45, 2.75) is 103 Å². The van der Waals surface area contributed by atoms with Gasteiger partial charge < -0.3 is 15.3 Å². The summed E-state index contributed by atoms with van der Waals surface area (Å²) in [5, 5.41) is 28.6. The van der Waals surface area contributed by atoms with Gasteiger partial charge in [-0.3, -0.25) is 0 Å². The van der Waals surface area contributed by atoms with Crippen molar-refractivity contribution in [3.05, 3.63) is 11.6 Å². The van der Waals surface area contributed by atoms with Crippen LogP contribution in [0.4, 0.5) is 0 Å². The van der Waals surface area contributed by atoms with Crippen molar-refractivity contribution >= 4 is 5.97 Å². The molecule has 4 nitrogen and oxygen atoms in total. The molecule has 176 valence electrons. The summed E-state index contributed by atoms with van der Waals surface area (Å²) in [6.45, 7) is 6.77. The maximum Gasteiger partial charge on any atom is 0.338 e. The molecule has 0 heterocycles. The van der Waals surface area contributed by atoms with Crippen LogP contribution in [0.15, 0.2) is 11.6 Å². The van der Waals surface area contributed by atoms with E-state index >= 15 is 0 Å². The molecule has 0 radical (unpaired) electrons. The molecule has 1 unspecified atom stereocenters. The Hall–Kier alpha value is -0.870. The molecule has 3 saturated carbocycles. The van der Waals surface area contributed by atoms with Crippen molar-refractivity contribution in [3.8, 4) is 0 Å². The number of fused-ring (bicyclic) bond motifs is 5. The maximum atomic E-state index is 11.3. The molecule has 0 aromatic rings. The van der Waals surface area contributed by atoms with Crippen molar-refractivity contribution < 1.29 is 20.1 Å². The van der Waals surface area contributed by atoms with E-state index in [1.807, 2.05) is 0 Å². The van der Waals surface area contributed by atoms with E-state index < -0.39 is 18.2 Å². The van der Waals surface area contributed by atoms with Crippen molar-refractivity contribution in [2.24, 2.45) is 40.4 Å². The van der Waals surface area contributed by atoms with Crippen molar-refractivity contribution in [1.82, 2.24) is 0 Å². The Morgan fingerprint density at radius 3 is 2.68 bits per heavy atom. The van der Waals surface area contributed by atoms with Gasteiger partial charge in [-0.05, 0) is 105 Å². The fraction of sp³-hybridized carbons (Fsp3) is 0.889. The summed E-state index contributed by atoms with van der Waals surface area (Å²) in [6.07, 6.45) is 16.5. The lowest BCUT2D eigenvalue weighted by molar-refractivity contribution is -0.163. The molecule has 8 atom stereocenters. The van der Waals surface area contributed by atoms with Crippen LogP contribution in [-0.4, -0.2) is 33.5 Å². The Kier molecular flexibility index (Phi) is 6.37. The average molecular weight is 433 g/mol. The summed E-state index contributed by atoms with van der Waals surface area (Å²) in [7, 11) is 0. The van der Waals surface area contributed by atoms with Gasteiger partial charge in [0.1, 0.15) is 0 Å². The Morgan fingerprint density at radius 1 is 1.19 bits per heavy atom. The Balaban J connectivity index is 1.43. The maximum absolute atomic E-state index is 11.3. The highest BCUT2D eigenvalue weighted by Crippen LogP contribution is 2.67. The highest BCUT2D eigenvalue weighted by Gasteiger charge is 2.58. The molecule has 0 amide bonds. The number of carboxylic acids is 1. The second-order valence-electron chi connectivity index (χ2n) is 12.1. The minimum Gasteiger partial charge on any atom is -0.479 e. The molecule has 0 aromatic carbocycles. The second kappa shape index (κ2) is 8.48. The van der Waals surface area contributed by atoms with Gasteiger partial charge in [0.05, 0.1) is 6.61 Å². The van der Waals surface area contributed by atoms with Crippen LogP contribution >= 0.6 is 0 Å². The lowest BCUT2D eigenvalue weighted by atomic mass is 9.47. The molecule has 4 rings (SSSR count). The third-order valence-electron chi connectivity index (χ3n) is 10.7. The largest absolute Gasteiger partial charge is 0.479 e. The summed E-state index contributed by atoms with van der Waals surface area (Å²) in [5.41, 5.74) is 0.650. The fourth-order valence-corrected chi connectivity index (χ4v) is 8.84. The van der Waals surface area contributed by atoms with E-state index in [2.05, 4.69) is 26.8 Å². The van der Waals surface area contributed by atoms with Gasteiger partial charge in [-0.1, -0.05) is 45.3 Å². The third kappa shape index (κ3) is 3.80. The van der Waals surface area contributed by atoms with E-state index in [1.165, 1.54) is 57.8 Å². The van der Waals surface area contributed by atoms with Gasteiger partial charge in [0.15, 0.2) is 5.60 Å². The van der Waals surface area contributed by atoms with Crippen LogP contribution in [0.5, 0.6) is 0 Å². The van der Waals surface area contributed by atoms with Crippen LogP contribution in [0.2, 0.25) is 0 Å². The molecule has 0 spiro atoms. The number of hydrogen-bond acceptors (Lipinski definition) is 3. The van der Waals surface area contributed by atoms with Crippen molar-refractivity contribution in [2.75, 3.05) is 6.61 Å². The third-order valence-corrected chi connectivity index (χ3v) is 10.7. The molecule has 0 bridgehead atoms. The van der Waals surface area contributed by atoms with E-state index in [0.29, 0.717) is 29.1 Å². The Labute approximate surface area is 188 Å². The first-order chi connectivity index (χ1) is 14.7. The summed E-state index contributed by atoms with van der Waals surface area (Å²) in [4.78, 5) is 11.3. The fourth-order valence-electron chi connectivity index (χ4n) is 8.84. The molecule has 0 aromatic heterocycles. The zero-order chi connectivity index (χ0) is 22.4. The molecule has 4 aliphatic carbocycles. The number of rotatable bonds is 7. The Morgan fingerprint density at radius 2 is 1.97 bits per heavy atom. The van der Waals surface area contributed by atoms with Gasteiger partial charge in [0.25, 0.3) is 0 Å². The topological polar surface area (TPSA) is 77.8 Å². The molecule has 3 N–H and O–H groups in total. The highest BCUT2D eigenvalue weighted by molar-refractivity contribution is 5.77. The monoisotopic (exact) mass is 432 g/mol. The molecule has 0 aliphatic heterocycles. The van der Waals surface area contributed by atoms with Crippen LogP contribution in [0.3, 0.4) is 0 Å². The normalized spacial score (nSPS) is 42.5. The summed E-state index contributed by atoms with van der Waals surface area (Å²) >= 11 is 0. The lowest BCUT2D eigenvalue weighted by Gasteiger charge is -2.58. The van der Waals surface area contributed by atoms with Gasteiger partial charge in [0.2, 0.25) is 0 Å². The number of carboxylic acid groups (broad SMARTS) is 1. The van der Waals surface area contributed by atoms with Gasteiger partial charge in [0, 0.05) is 0 Å². The number of hydrogen-bond donors (Lipinski definition) is 3. The molecular formula is C27H44O4. The second-order valence-corrected chi connectivity index (χ2v) is 12.1. The van der Waals surface area contributed by atoms with Crippen molar-refractivity contribution in [3.63, 3.8) is 0 Å². The zero-order valence-corrected chi connectivity index (χ0v) is 19.9. The molecule has 31 heavy (non-hydrogen) atoms. The first-order valence-electron chi connectivity index (χ1n) is 12.9. The van der Waals surface area contributed by atoms with E-state index in [0.717, 1.165) is 24.2 Å². The van der Waals surface area contributed by atoms with Crippen LogP contribution < -0.4 is 0 Å². The average Bonchev–Trinajstić information content (AvgIpc) is 3.10. The predicted octanol–water partition coefficient (Wildman–Crippen LogP) is 5.57. The smallest absolute Gasteiger partial charge is 0.338 e. The van der Waals surface area contributed by atoms with Crippen LogP contribution in [-0.2, 0) is 4.79 Å². The van der Waals surface area contributed by atoms with E-state index in [9.17, 15) is 20.1 Å². The summed E-state index contributed by atoms with van der Waals surface area (Å²) in [6, 6.07) is 0.